The third-order valence-electron chi connectivity index (χ3n) is 2.91. The molecule has 0 atom stereocenters. The lowest BCUT2D eigenvalue weighted by Gasteiger charge is -2.09. The number of rotatable bonds is 7. The number of hydrogen-bond donors (Lipinski definition) is 0. The first-order chi connectivity index (χ1) is 8.83. The van der Waals surface area contributed by atoms with Gasteiger partial charge >= 0.3 is 0 Å². The Labute approximate surface area is 111 Å². The topological polar surface area (TPSA) is 0 Å². The molecule has 0 spiro atoms. The fraction of sp³-hybridized carbons (Fsp3) is 0.222. The van der Waals surface area contributed by atoms with Crippen LogP contribution in [0.25, 0.3) is 5.57 Å². The number of allylic oxidation sites excluding steroid dienone is 6. The molecule has 18 heavy (non-hydrogen) atoms. The Morgan fingerprint density at radius 3 is 2.67 bits per heavy atom. The standard InChI is InChI=1S/C18H22/c1-4-7-9-13-17-14-10-11-15-18(17)16(6-3)12-8-5-2/h4-6,8,10-12,14-15H,1-2,7,9,13H2,3H3/b12-8-,16-6+. The van der Waals surface area contributed by atoms with Crippen molar-refractivity contribution in [3.05, 3.63) is 78.9 Å². The molecule has 94 valence electrons. The first kappa shape index (κ1) is 14.2. The molecule has 1 rings (SSSR count). The van der Waals surface area contributed by atoms with E-state index in [1.165, 1.54) is 16.7 Å². The van der Waals surface area contributed by atoms with Gasteiger partial charge in [0.2, 0.25) is 0 Å². The molecular formula is C18H22. The van der Waals surface area contributed by atoms with Crippen molar-refractivity contribution in [1.29, 1.82) is 0 Å². The zero-order valence-electron chi connectivity index (χ0n) is 11.2. The lowest BCUT2D eigenvalue weighted by Crippen LogP contribution is -1.92. The Morgan fingerprint density at radius 2 is 2.00 bits per heavy atom. The van der Waals surface area contributed by atoms with Crippen LogP contribution in [0.15, 0.2) is 67.8 Å². The molecule has 0 radical (unpaired) electrons. The van der Waals surface area contributed by atoms with Gasteiger partial charge in [-0.2, -0.15) is 0 Å². The quantitative estimate of drug-likeness (QED) is 0.341. The summed E-state index contributed by atoms with van der Waals surface area (Å²) in [6.07, 6.45) is 13.4. The molecule has 0 aliphatic rings. The van der Waals surface area contributed by atoms with Gasteiger partial charge in [0.05, 0.1) is 0 Å². The largest absolute Gasteiger partial charge is 0.103 e. The van der Waals surface area contributed by atoms with Crippen molar-refractivity contribution in [1.82, 2.24) is 0 Å². The minimum atomic E-state index is 1.07. The highest BCUT2D eigenvalue weighted by atomic mass is 14.1. The minimum absolute atomic E-state index is 1.07. The summed E-state index contributed by atoms with van der Waals surface area (Å²) in [6, 6.07) is 8.60. The summed E-state index contributed by atoms with van der Waals surface area (Å²) in [6.45, 7) is 9.56. The maximum atomic E-state index is 3.77. The van der Waals surface area contributed by atoms with Crippen LogP contribution in [0, 0.1) is 0 Å². The van der Waals surface area contributed by atoms with Gasteiger partial charge in [0.15, 0.2) is 0 Å². The molecule has 0 saturated carbocycles. The Morgan fingerprint density at radius 1 is 1.22 bits per heavy atom. The fourth-order valence-electron chi connectivity index (χ4n) is 1.97. The summed E-state index contributed by atoms with van der Waals surface area (Å²) < 4.78 is 0. The highest BCUT2D eigenvalue weighted by molar-refractivity contribution is 5.76. The van der Waals surface area contributed by atoms with Crippen molar-refractivity contribution in [3.8, 4) is 0 Å². The number of benzene rings is 1. The van der Waals surface area contributed by atoms with Gasteiger partial charge in [0, 0.05) is 0 Å². The predicted octanol–water partition coefficient (Wildman–Crippen LogP) is 5.34. The maximum absolute atomic E-state index is 3.77. The Balaban J connectivity index is 2.95. The molecule has 0 heteroatoms. The predicted molar refractivity (Wildman–Crippen MR) is 82.6 cm³/mol. The lowest BCUT2D eigenvalue weighted by molar-refractivity contribution is 0.842. The molecule has 0 N–H and O–H groups in total. The van der Waals surface area contributed by atoms with E-state index in [1.807, 2.05) is 18.2 Å². The second-order valence-electron chi connectivity index (χ2n) is 4.18. The normalized spacial score (nSPS) is 11.7. The third-order valence-corrected chi connectivity index (χ3v) is 2.91. The molecule has 0 aromatic heterocycles. The lowest BCUT2D eigenvalue weighted by atomic mass is 9.95. The Bertz CT molecular complexity index is 447. The van der Waals surface area contributed by atoms with Gasteiger partial charge in [-0.3, -0.25) is 0 Å². The van der Waals surface area contributed by atoms with Gasteiger partial charge in [-0.05, 0) is 42.9 Å². The monoisotopic (exact) mass is 238 g/mol. The number of aryl methyl sites for hydroxylation is 1. The Kier molecular flexibility index (Phi) is 6.56. The van der Waals surface area contributed by atoms with E-state index in [2.05, 4.69) is 56.5 Å². The van der Waals surface area contributed by atoms with Crippen LogP contribution in [0.3, 0.4) is 0 Å². The first-order valence-electron chi connectivity index (χ1n) is 6.48. The second-order valence-corrected chi connectivity index (χ2v) is 4.18. The molecule has 0 unspecified atom stereocenters. The third kappa shape index (κ3) is 4.21. The van der Waals surface area contributed by atoms with Gasteiger partial charge in [-0.15, -0.1) is 6.58 Å². The fourth-order valence-corrected chi connectivity index (χ4v) is 1.97. The summed E-state index contributed by atoms with van der Waals surface area (Å²) >= 11 is 0. The molecular weight excluding hydrogens is 216 g/mol. The molecule has 0 bridgehead atoms. The smallest absolute Gasteiger partial charge is 0.0155 e. The molecule has 0 heterocycles. The van der Waals surface area contributed by atoms with Crippen molar-refractivity contribution in [3.63, 3.8) is 0 Å². The van der Waals surface area contributed by atoms with Gasteiger partial charge in [-0.1, -0.05) is 61.2 Å². The number of hydrogen-bond acceptors (Lipinski definition) is 0. The summed E-state index contributed by atoms with van der Waals surface area (Å²) in [7, 11) is 0. The second kappa shape index (κ2) is 8.30. The van der Waals surface area contributed by atoms with Gasteiger partial charge in [-0.25, -0.2) is 0 Å². The van der Waals surface area contributed by atoms with Gasteiger partial charge in [0.25, 0.3) is 0 Å². The van der Waals surface area contributed by atoms with Gasteiger partial charge < -0.3 is 0 Å². The van der Waals surface area contributed by atoms with Crippen LogP contribution >= 0.6 is 0 Å². The average Bonchev–Trinajstić information content (AvgIpc) is 2.41. The average molecular weight is 238 g/mol. The molecule has 1 aromatic rings. The number of unbranched alkanes of at least 4 members (excludes halogenated alkanes) is 1. The van der Waals surface area contributed by atoms with E-state index in [0.29, 0.717) is 0 Å². The molecule has 0 amide bonds. The molecule has 0 aliphatic heterocycles. The SMILES string of the molecule is C=C/C=C\C(=C/C)c1ccccc1CCCC=C. The Hall–Kier alpha value is -1.82. The van der Waals surface area contributed by atoms with Crippen LogP contribution in [0.5, 0.6) is 0 Å². The van der Waals surface area contributed by atoms with Crippen LogP contribution in [-0.2, 0) is 6.42 Å². The summed E-state index contributed by atoms with van der Waals surface area (Å²) in [4.78, 5) is 0. The molecule has 0 nitrogen and oxygen atoms in total. The van der Waals surface area contributed by atoms with Crippen molar-refractivity contribution in [2.45, 2.75) is 26.2 Å². The zero-order valence-corrected chi connectivity index (χ0v) is 11.2. The van der Waals surface area contributed by atoms with Crippen molar-refractivity contribution < 1.29 is 0 Å². The summed E-state index contributed by atoms with van der Waals surface area (Å²) in [5.74, 6) is 0. The molecule has 0 fully saturated rings. The van der Waals surface area contributed by atoms with E-state index in [9.17, 15) is 0 Å². The van der Waals surface area contributed by atoms with E-state index < -0.39 is 0 Å². The van der Waals surface area contributed by atoms with Crippen LogP contribution in [0.1, 0.15) is 30.9 Å². The van der Waals surface area contributed by atoms with E-state index in [1.54, 1.807) is 0 Å². The van der Waals surface area contributed by atoms with E-state index in [4.69, 9.17) is 0 Å². The molecule has 0 saturated heterocycles. The van der Waals surface area contributed by atoms with Crippen LogP contribution < -0.4 is 0 Å². The van der Waals surface area contributed by atoms with Crippen molar-refractivity contribution >= 4 is 5.57 Å². The summed E-state index contributed by atoms with van der Waals surface area (Å²) in [5, 5.41) is 0. The molecule has 0 aliphatic carbocycles. The minimum Gasteiger partial charge on any atom is -0.103 e. The maximum Gasteiger partial charge on any atom is -0.0155 e. The highest BCUT2D eigenvalue weighted by Gasteiger charge is 2.03. The highest BCUT2D eigenvalue weighted by Crippen LogP contribution is 2.22. The van der Waals surface area contributed by atoms with Crippen LogP contribution in [0.2, 0.25) is 0 Å². The van der Waals surface area contributed by atoms with E-state index in [-0.39, 0.29) is 0 Å². The van der Waals surface area contributed by atoms with Gasteiger partial charge in [0.1, 0.15) is 0 Å². The summed E-state index contributed by atoms with van der Waals surface area (Å²) in [5.41, 5.74) is 3.98. The zero-order chi connectivity index (χ0) is 13.2. The van der Waals surface area contributed by atoms with E-state index >= 15 is 0 Å². The van der Waals surface area contributed by atoms with Crippen LogP contribution in [-0.4, -0.2) is 0 Å². The van der Waals surface area contributed by atoms with E-state index in [0.717, 1.165) is 19.3 Å². The molecule has 1 aromatic carbocycles. The van der Waals surface area contributed by atoms with Crippen LogP contribution in [0.4, 0.5) is 0 Å². The van der Waals surface area contributed by atoms with Crippen molar-refractivity contribution in [2.24, 2.45) is 0 Å². The first-order valence-corrected chi connectivity index (χ1v) is 6.48. The van der Waals surface area contributed by atoms with Crippen molar-refractivity contribution in [2.75, 3.05) is 0 Å².